The van der Waals surface area contributed by atoms with Crippen molar-refractivity contribution in [1.29, 1.82) is 0 Å². The number of hydrogen-bond donors (Lipinski definition) is 1. The molecule has 3 heterocycles. The Balaban J connectivity index is 1.64. The summed E-state index contributed by atoms with van der Waals surface area (Å²) in [7, 11) is -3.37. The Kier molecular flexibility index (Phi) is 5.11. The number of aromatic nitrogens is 5. The van der Waals surface area contributed by atoms with E-state index in [1.807, 2.05) is 19.2 Å². The lowest BCUT2D eigenvalue weighted by molar-refractivity contribution is 0.468. The molecule has 1 atom stereocenters. The van der Waals surface area contributed by atoms with Gasteiger partial charge in [0.1, 0.15) is 11.5 Å². The van der Waals surface area contributed by atoms with Crippen molar-refractivity contribution >= 4 is 21.5 Å². The molecule has 0 radical (unpaired) electrons. The Morgan fingerprint density at radius 2 is 1.97 bits per heavy atom. The minimum atomic E-state index is -3.37. The smallest absolute Gasteiger partial charge is 0.229 e. The monoisotopic (exact) mass is 453 g/mol. The first-order valence-corrected chi connectivity index (χ1v) is 12.9. The quantitative estimate of drug-likeness (QED) is 0.629. The fourth-order valence-corrected chi connectivity index (χ4v) is 5.50. The first-order valence-electron chi connectivity index (χ1n) is 11.0. The number of sulfonamides is 1. The molecule has 1 saturated carbocycles. The standard InChI is InChI=1S/C22H27N7O2S/c1-4-18-22-26-25-14(2)28(22)19-13-23-20(24-21(19)29(18)17-10-5-6-11-17)15-8-7-9-16(12-15)27-32(3,30)31/h7-9,12-13,17-18,27H,4-6,10-11H2,1-3H3/t18-/m1/s1. The van der Waals surface area contributed by atoms with E-state index in [1.54, 1.807) is 18.2 Å². The summed E-state index contributed by atoms with van der Waals surface area (Å²) in [6.45, 7) is 4.13. The molecule has 1 aliphatic heterocycles. The Bertz CT molecular complexity index is 1270. The molecule has 32 heavy (non-hydrogen) atoms. The summed E-state index contributed by atoms with van der Waals surface area (Å²) in [5, 5.41) is 8.85. The molecule has 168 valence electrons. The predicted molar refractivity (Wildman–Crippen MR) is 123 cm³/mol. The minimum Gasteiger partial charge on any atom is -0.342 e. The highest BCUT2D eigenvalue weighted by Crippen LogP contribution is 2.43. The van der Waals surface area contributed by atoms with Crippen LogP contribution in [0.3, 0.4) is 0 Å². The normalized spacial score (nSPS) is 18.5. The molecule has 0 saturated heterocycles. The van der Waals surface area contributed by atoms with Crippen LogP contribution in [0, 0.1) is 6.92 Å². The van der Waals surface area contributed by atoms with Crippen molar-refractivity contribution in [3.63, 3.8) is 0 Å². The summed E-state index contributed by atoms with van der Waals surface area (Å²) in [6, 6.07) is 7.69. The SMILES string of the molecule is CC[C@@H]1c2nnc(C)n2-c2cnc(-c3cccc(NS(C)(=O)=O)c3)nc2N1C1CCCC1. The van der Waals surface area contributed by atoms with Crippen LogP contribution in [0.2, 0.25) is 0 Å². The van der Waals surface area contributed by atoms with Crippen molar-refractivity contribution < 1.29 is 8.42 Å². The van der Waals surface area contributed by atoms with Gasteiger partial charge >= 0.3 is 0 Å². The van der Waals surface area contributed by atoms with Crippen LogP contribution in [0.4, 0.5) is 11.5 Å². The van der Waals surface area contributed by atoms with Crippen LogP contribution in [-0.2, 0) is 10.0 Å². The Morgan fingerprint density at radius 1 is 1.19 bits per heavy atom. The summed E-state index contributed by atoms with van der Waals surface area (Å²) < 4.78 is 27.9. The fraction of sp³-hybridized carbons (Fsp3) is 0.455. The maximum atomic E-state index is 11.7. The predicted octanol–water partition coefficient (Wildman–Crippen LogP) is 3.62. The van der Waals surface area contributed by atoms with Crippen molar-refractivity contribution in [2.45, 2.75) is 58.0 Å². The van der Waals surface area contributed by atoms with Gasteiger partial charge in [-0.1, -0.05) is 31.9 Å². The van der Waals surface area contributed by atoms with Gasteiger partial charge in [-0.15, -0.1) is 10.2 Å². The summed E-state index contributed by atoms with van der Waals surface area (Å²) in [5.74, 6) is 3.22. The molecule has 0 amide bonds. The number of anilines is 2. The maximum Gasteiger partial charge on any atom is 0.229 e. The summed E-state index contributed by atoms with van der Waals surface area (Å²) in [5.41, 5.74) is 2.14. The highest BCUT2D eigenvalue weighted by atomic mass is 32.2. The maximum absolute atomic E-state index is 11.7. The van der Waals surface area contributed by atoms with Crippen molar-refractivity contribution in [3.05, 3.63) is 42.1 Å². The first-order chi connectivity index (χ1) is 15.4. The molecule has 9 nitrogen and oxygen atoms in total. The molecule has 2 aliphatic rings. The van der Waals surface area contributed by atoms with Gasteiger partial charge in [-0.05, 0) is 38.3 Å². The zero-order chi connectivity index (χ0) is 22.5. The van der Waals surface area contributed by atoms with Crippen molar-refractivity contribution in [1.82, 2.24) is 24.7 Å². The molecular formula is C22H27N7O2S. The zero-order valence-electron chi connectivity index (χ0n) is 18.5. The summed E-state index contributed by atoms with van der Waals surface area (Å²) in [4.78, 5) is 12.1. The molecule has 5 rings (SSSR count). The van der Waals surface area contributed by atoms with Crippen LogP contribution in [0.25, 0.3) is 17.1 Å². The van der Waals surface area contributed by atoms with E-state index in [0.717, 1.165) is 54.2 Å². The van der Waals surface area contributed by atoms with Gasteiger partial charge in [-0.3, -0.25) is 9.29 Å². The van der Waals surface area contributed by atoms with Crippen LogP contribution in [-0.4, -0.2) is 45.4 Å². The molecule has 0 bridgehead atoms. The van der Waals surface area contributed by atoms with Crippen LogP contribution >= 0.6 is 0 Å². The molecule has 2 aromatic heterocycles. The average Bonchev–Trinajstić information content (AvgIpc) is 3.41. The third-order valence-corrected chi connectivity index (χ3v) is 6.85. The fourth-order valence-electron chi connectivity index (χ4n) is 4.94. The molecule has 0 spiro atoms. The van der Waals surface area contributed by atoms with E-state index in [4.69, 9.17) is 4.98 Å². The van der Waals surface area contributed by atoms with Gasteiger partial charge in [0.25, 0.3) is 0 Å². The van der Waals surface area contributed by atoms with E-state index < -0.39 is 10.0 Å². The number of fused-ring (bicyclic) bond motifs is 3. The van der Waals surface area contributed by atoms with Crippen molar-refractivity contribution in [2.75, 3.05) is 15.9 Å². The second kappa shape index (κ2) is 7.84. The lowest BCUT2D eigenvalue weighted by Gasteiger charge is -2.41. The number of hydrogen-bond acceptors (Lipinski definition) is 7. The van der Waals surface area contributed by atoms with Gasteiger partial charge in [0.05, 0.1) is 18.5 Å². The van der Waals surface area contributed by atoms with E-state index in [-0.39, 0.29) is 6.04 Å². The van der Waals surface area contributed by atoms with Crippen LogP contribution in [0.15, 0.2) is 30.5 Å². The van der Waals surface area contributed by atoms with Crippen LogP contribution in [0.1, 0.15) is 56.7 Å². The third-order valence-electron chi connectivity index (χ3n) is 6.25. The molecule has 1 aliphatic carbocycles. The Labute approximate surface area is 188 Å². The molecule has 1 aromatic carbocycles. The molecule has 10 heteroatoms. The number of benzene rings is 1. The van der Waals surface area contributed by atoms with E-state index in [0.29, 0.717) is 17.6 Å². The van der Waals surface area contributed by atoms with Crippen LogP contribution < -0.4 is 9.62 Å². The van der Waals surface area contributed by atoms with Gasteiger partial charge < -0.3 is 4.90 Å². The molecule has 3 aromatic rings. The summed E-state index contributed by atoms with van der Waals surface area (Å²) >= 11 is 0. The molecule has 1 N–H and O–H groups in total. The summed E-state index contributed by atoms with van der Waals surface area (Å²) in [6.07, 6.45) is 8.58. The number of nitrogens with zero attached hydrogens (tertiary/aromatic N) is 6. The van der Waals surface area contributed by atoms with E-state index in [1.165, 1.54) is 12.8 Å². The molecule has 0 unspecified atom stereocenters. The van der Waals surface area contributed by atoms with Crippen molar-refractivity contribution in [3.8, 4) is 17.1 Å². The third kappa shape index (κ3) is 3.62. The van der Waals surface area contributed by atoms with Gasteiger partial charge in [0.15, 0.2) is 17.5 Å². The number of aryl methyl sites for hydroxylation is 1. The van der Waals surface area contributed by atoms with E-state index in [2.05, 4.69) is 36.3 Å². The highest BCUT2D eigenvalue weighted by Gasteiger charge is 2.39. The van der Waals surface area contributed by atoms with Crippen molar-refractivity contribution in [2.24, 2.45) is 0 Å². The lowest BCUT2D eigenvalue weighted by Crippen LogP contribution is -2.42. The van der Waals surface area contributed by atoms with E-state index in [9.17, 15) is 8.42 Å². The Morgan fingerprint density at radius 3 is 2.69 bits per heavy atom. The largest absolute Gasteiger partial charge is 0.342 e. The second-order valence-electron chi connectivity index (χ2n) is 8.57. The number of nitrogens with one attached hydrogen (secondary N) is 1. The zero-order valence-corrected chi connectivity index (χ0v) is 19.3. The van der Waals surface area contributed by atoms with Gasteiger partial charge in [-0.25, -0.2) is 18.4 Å². The highest BCUT2D eigenvalue weighted by molar-refractivity contribution is 7.92. The van der Waals surface area contributed by atoms with Gasteiger partial charge in [0.2, 0.25) is 10.0 Å². The topological polar surface area (TPSA) is 106 Å². The van der Waals surface area contributed by atoms with Crippen LogP contribution in [0.5, 0.6) is 0 Å². The van der Waals surface area contributed by atoms with Gasteiger partial charge in [-0.2, -0.15) is 0 Å². The molecule has 1 fully saturated rings. The first kappa shape index (κ1) is 20.9. The van der Waals surface area contributed by atoms with E-state index >= 15 is 0 Å². The second-order valence-corrected chi connectivity index (χ2v) is 10.3. The molecular weight excluding hydrogens is 426 g/mol. The Hall–Kier alpha value is -3.01. The lowest BCUT2D eigenvalue weighted by atomic mass is 10.0. The number of rotatable bonds is 5. The minimum absolute atomic E-state index is 0.104. The van der Waals surface area contributed by atoms with Gasteiger partial charge in [0, 0.05) is 17.3 Å². The average molecular weight is 454 g/mol.